The van der Waals surface area contributed by atoms with Crippen molar-refractivity contribution >= 4 is 39.8 Å². The highest BCUT2D eigenvalue weighted by atomic mass is 32.2. The van der Waals surface area contributed by atoms with E-state index >= 15 is 0 Å². The second-order valence-electron chi connectivity index (χ2n) is 9.43. The zero-order valence-corrected chi connectivity index (χ0v) is 22.0. The first-order chi connectivity index (χ1) is 19.1. The zero-order valence-electron chi connectivity index (χ0n) is 21.2. The number of amidine groups is 1. The number of nitrogens with zero attached hydrogens (tertiary/aromatic N) is 3. The second kappa shape index (κ2) is 11.1. The molecule has 39 heavy (non-hydrogen) atoms. The predicted molar refractivity (Wildman–Crippen MR) is 158 cm³/mol. The molecule has 6 heteroatoms. The summed E-state index contributed by atoms with van der Waals surface area (Å²) in [7, 11) is 0. The summed E-state index contributed by atoms with van der Waals surface area (Å²) in [5.74, 6) is -0.297. The van der Waals surface area contributed by atoms with Crippen LogP contribution in [0.25, 0.3) is 17.0 Å². The van der Waals surface area contributed by atoms with Crippen LogP contribution in [0.15, 0.2) is 125 Å². The molecule has 1 aliphatic rings. The molecular weight excluding hydrogens is 505 g/mol. The summed E-state index contributed by atoms with van der Waals surface area (Å²) in [6.07, 6.45) is 4.04. The van der Waals surface area contributed by atoms with Crippen molar-refractivity contribution in [1.82, 2.24) is 9.47 Å². The Morgan fingerprint density at radius 2 is 1.38 bits per heavy atom. The lowest BCUT2D eigenvalue weighted by molar-refractivity contribution is -0.122. The average molecular weight is 532 g/mol. The highest BCUT2D eigenvalue weighted by Gasteiger charge is 2.33. The first-order valence-electron chi connectivity index (χ1n) is 12.8. The second-order valence-corrected chi connectivity index (χ2v) is 10.4. The fourth-order valence-electron chi connectivity index (χ4n) is 4.72. The summed E-state index contributed by atoms with van der Waals surface area (Å²) in [5, 5.41) is 1.76. The number of benzene rings is 4. The molecular formula is C33H26FN3OS. The van der Waals surface area contributed by atoms with Crippen molar-refractivity contribution in [2.75, 3.05) is 0 Å². The lowest BCUT2D eigenvalue weighted by Gasteiger charge is -2.15. The number of carbonyl (C=O) groups excluding carboxylic acids is 1. The number of aromatic nitrogens is 1. The van der Waals surface area contributed by atoms with E-state index in [0.29, 0.717) is 29.7 Å². The van der Waals surface area contributed by atoms with Crippen molar-refractivity contribution in [3.63, 3.8) is 0 Å². The van der Waals surface area contributed by atoms with Crippen molar-refractivity contribution in [3.8, 4) is 0 Å². The molecule has 0 bridgehead atoms. The third-order valence-electron chi connectivity index (χ3n) is 6.68. The van der Waals surface area contributed by atoms with Gasteiger partial charge in [-0.25, -0.2) is 4.39 Å². The summed E-state index contributed by atoms with van der Waals surface area (Å²) in [6, 6.07) is 34.8. The van der Waals surface area contributed by atoms with Gasteiger partial charge in [0.1, 0.15) is 5.82 Å². The number of aliphatic imine (C=N–C) groups is 1. The van der Waals surface area contributed by atoms with Gasteiger partial charge in [0, 0.05) is 29.2 Å². The predicted octanol–water partition coefficient (Wildman–Crippen LogP) is 7.50. The van der Waals surface area contributed by atoms with E-state index in [9.17, 15) is 9.18 Å². The normalized spacial score (nSPS) is 15.6. The number of halogens is 1. The summed E-state index contributed by atoms with van der Waals surface area (Å²) < 4.78 is 15.6. The van der Waals surface area contributed by atoms with E-state index in [1.807, 2.05) is 78.9 Å². The van der Waals surface area contributed by atoms with Crippen LogP contribution in [0.1, 0.15) is 22.3 Å². The van der Waals surface area contributed by atoms with Gasteiger partial charge in [0.25, 0.3) is 5.91 Å². The van der Waals surface area contributed by atoms with E-state index < -0.39 is 0 Å². The van der Waals surface area contributed by atoms with E-state index in [2.05, 4.69) is 22.9 Å². The van der Waals surface area contributed by atoms with Crippen molar-refractivity contribution in [2.24, 2.45) is 4.99 Å². The Morgan fingerprint density at radius 1 is 0.744 bits per heavy atom. The van der Waals surface area contributed by atoms with Crippen LogP contribution < -0.4 is 0 Å². The lowest BCUT2D eigenvalue weighted by atomic mass is 10.1. The zero-order chi connectivity index (χ0) is 26.6. The van der Waals surface area contributed by atoms with Crippen LogP contribution in [0.5, 0.6) is 0 Å². The molecule has 0 spiro atoms. The average Bonchev–Trinajstić information content (AvgIpc) is 3.46. The minimum Gasteiger partial charge on any atom is -0.342 e. The van der Waals surface area contributed by atoms with Gasteiger partial charge in [-0.2, -0.15) is 0 Å². The first kappa shape index (κ1) is 24.9. The van der Waals surface area contributed by atoms with Crippen molar-refractivity contribution in [3.05, 3.63) is 148 Å². The van der Waals surface area contributed by atoms with Crippen molar-refractivity contribution < 1.29 is 9.18 Å². The maximum atomic E-state index is 13.7. The van der Waals surface area contributed by atoms with Gasteiger partial charge in [-0.1, -0.05) is 91.0 Å². The number of rotatable bonds is 7. The largest absolute Gasteiger partial charge is 0.342 e. The van der Waals surface area contributed by atoms with Gasteiger partial charge in [-0.05, 0) is 52.7 Å². The maximum absolute atomic E-state index is 13.7. The molecule has 0 saturated carbocycles. The Labute approximate surface area is 231 Å². The molecule has 0 radical (unpaired) electrons. The van der Waals surface area contributed by atoms with E-state index in [0.717, 1.165) is 33.2 Å². The molecule has 0 aliphatic carbocycles. The molecule has 0 N–H and O–H groups in total. The van der Waals surface area contributed by atoms with Crippen LogP contribution in [0.2, 0.25) is 0 Å². The van der Waals surface area contributed by atoms with Gasteiger partial charge >= 0.3 is 0 Å². The highest BCUT2D eigenvalue weighted by molar-refractivity contribution is 8.18. The Bertz CT molecular complexity index is 1680. The van der Waals surface area contributed by atoms with Gasteiger partial charge < -0.3 is 4.57 Å². The van der Waals surface area contributed by atoms with Gasteiger partial charge in [0.05, 0.1) is 18.0 Å². The Morgan fingerprint density at radius 3 is 2.13 bits per heavy atom. The molecule has 4 nitrogen and oxygen atoms in total. The van der Waals surface area contributed by atoms with E-state index in [1.165, 1.54) is 23.9 Å². The van der Waals surface area contributed by atoms with Crippen LogP contribution in [0.4, 0.5) is 4.39 Å². The van der Waals surface area contributed by atoms with Crippen molar-refractivity contribution in [1.29, 1.82) is 0 Å². The molecule has 2 heterocycles. The van der Waals surface area contributed by atoms with Crippen LogP contribution >= 0.6 is 11.8 Å². The number of fused-ring (bicyclic) bond motifs is 1. The number of hydrogen-bond acceptors (Lipinski definition) is 3. The molecule has 0 atom stereocenters. The minimum absolute atomic E-state index is 0.0500. The quantitative estimate of drug-likeness (QED) is 0.204. The summed E-state index contributed by atoms with van der Waals surface area (Å²) in [4.78, 5) is 21.0. The van der Waals surface area contributed by atoms with Crippen LogP contribution in [-0.2, 0) is 24.4 Å². The van der Waals surface area contributed by atoms with Crippen LogP contribution in [0.3, 0.4) is 0 Å². The minimum atomic E-state index is -0.247. The molecule has 1 aromatic heterocycles. The smallest absolute Gasteiger partial charge is 0.267 e. The number of amides is 1. The molecule has 4 aromatic carbocycles. The molecule has 192 valence electrons. The molecule has 5 aromatic rings. The van der Waals surface area contributed by atoms with Gasteiger partial charge in [0.15, 0.2) is 5.17 Å². The summed E-state index contributed by atoms with van der Waals surface area (Å²) in [6.45, 7) is 1.57. The number of thioether (sulfide) groups is 1. The summed E-state index contributed by atoms with van der Waals surface area (Å²) in [5.41, 5.74) is 5.18. The third-order valence-corrected chi connectivity index (χ3v) is 7.73. The topological polar surface area (TPSA) is 37.6 Å². The van der Waals surface area contributed by atoms with Crippen LogP contribution in [-0.4, -0.2) is 20.5 Å². The third kappa shape index (κ3) is 5.56. The highest BCUT2D eigenvalue weighted by Crippen LogP contribution is 2.35. The van der Waals surface area contributed by atoms with Crippen molar-refractivity contribution in [2.45, 2.75) is 19.6 Å². The summed E-state index contributed by atoms with van der Waals surface area (Å²) >= 11 is 1.42. The number of carbonyl (C=O) groups is 1. The van der Waals surface area contributed by atoms with E-state index in [-0.39, 0.29) is 11.7 Å². The van der Waals surface area contributed by atoms with Gasteiger partial charge in [0.2, 0.25) is 0 Å². The van der Waals surface area contributed by atoms with E-state index in [1.54, 1.807) is 17.0 Å². The van der Waals surface area contributed by atoms with Gasteiger partial charge in [-0.15, -0.1) is 0 Å². The fourth-order valence-corrected chi connectivity index (χ4v) is 5.69. The molecule has 1 aliphatic heterocycles. The molecule has 1 saturated heterocycles. The Hall–Kier alpha value is -4.42. The molecule has 0 unspecified atom stereocenters. The Kier molecular flexibility index (Phi) is 7.11. The SMILES string of the molecule is O=C1/C(=C\c2cn(Cc3ccc(F)cc3)c3ccccc23)SC(=NCc2ccccc2)N1Cc1ccccc1. The number of hydrogen-bond donors (Lipinski definition) is 0. The number of para-hydroxylation sites is 1. The lowest BCUT2D eigenvalue weighted by Crippen LogP contribution is -2.28. The monoisotopic (exact) mass is 531 g/mol. The van der Waals surface area contributed by atoms with Crippen LogP contribution in [0, 0.1) is 5.82 Å². The maximum Gasteiger partial charge on any atom is 0.267 e. The molecule has 1 amide bonds. The molecule has 6 rings (SSSR count). The first-order valence-corrected chi connectivity index (χ1v) is 13.6. The standard InChI is InChI=1S/C33H26FN3OS/c34-28-17-15-26(16-18-28)21-36-23-27(29-13-7-8-14-30(29)36)19-31-32(38)37(22-25-11-5-2-6-12-25)33(39-31)35-20-24-9-3-1-4-10-24/h1-19,23H,20-22H2/b31-19+,35-33?. The van der Waals surface area contributed by atoms with E-state index in [4.69, 9.17) is 4.99 Å². The fraction of sp³-hybridized carbons (Fsp3) is 0.0909. The molecule has 1 fully saturated rings. The Balaban J connectivity index is 1.34. The van der Waals surface area contributed by atoms with Gasteiger partial charge in [-0.3, -0.25) is 14.7 Å².